The lowest BCUT2D eigenvalue weighted by Gasteiger charge is -2.14. The van der Waals surface area contributed by atoms with Crippen LogP contribution in [0.2, 0.25) is 0 Å². The molecule has 1 aromatic heterocycles. The van der Waals surface area contributed by atoms with Crippen molar-refractivity contribution in [2.24, 2.45) is 0 Å². The Labute approximate surface area is 170 Å². The molecule has 0 aliphatic heterocycles. The van der Waals surface area contributed by atoms with Gasteiger partial charge >= 0.3 is 0 Å². The molecule has 0 bridgehead atoms. The number of nitrogens with zero attached hydrogens (tertiary/aromatic N) is 2. The van der Waals surface area contributed by atoms with E-state index in [9.17, 15) is 4.79 Å². The van der Waals surface area contributed by atoms with E-state index in [1.807, 2.05) is 38.1 Å². The lowest BCUT2D eigenvalue weighted by atomic mass is 9.97. The molecule has 150 valence electrons. The second kappa shape index (κ2) is 10.3. The molecular weight excluding hydrogens is 374 g/mol. The Kier molecular flexibility index (Phi) is 7.54. The minimum atomic E-state index is -0.297. The first-order valence-corrected chi connectivity index (χ1v) is 10.7. The molecule has 1 amide bonds. The fourth-order valence-corrected chi connectivity index (χ4v) is 3.77. The molecule has 28 heavy (non-hydrogen) atoms. The van der Waals surface area contributed by atoms with Crippen LogP contribution >= 0.6 is 11.8 Å². The first-order chi connectivity index (χ1) is 13.7. The van der Waals surface area contributed by atoms with Gasteiger partial charge in [0.1, 0.15) is 5.75 Å². The topological polar surface area (TPSA) is 77.2 Å². The third-order valence-corrected chi connectivity index (χ3v) is 5.53. The number of rotatable bonds is 9. The average molecular weight is 402 g/mol. The van der Waals surface area contributed by atoms with E-state index in [0.717, 1.165) is 24.2 Å². The average Bonchev–Trinajstić information content (AvgIpc) is 3.18. The fourth-order valence-electron chi connectivity index (χ4n) is 3.06. The molecule has 1 N–H and O–H groups in total. The van der Waals surface area contributed by atoms with Crippen molar-refractivity contribution in [1.29, 1.82) is 0 Å². The van der Waals surface area contributed by atoms with Crippen molar-refractivity contribution in [1.82, 2.24) is 15.5 Å². The molecule has 1 aliphatic carbocycles. The van der Waals surface area contributed by atoms with E-state index in [1.165, 1.54) is 36.6 Å². The number of benzene rings is 1. The Morgan fingerprint density at radius 2 is 2.11 bits per heavy atom. The maximum absolute atomic E-state index is 12.3. The van der Waals surface area contributed by atoms with E-state index in [2.05, 4.69) is 21.6 Å². The molecule has 2 aromatic rings. The van der Waals surface area contributed by atoms with Crippen molar-refractivity contribution in [3.05, 3.63) is 35.9 Å². The molecule has 0 saturated carbocycles. The molecule has 1 atom stereocenters. The largest absolute Gasteiger partial charge is 0.494 e. The number of thioether (sulfide) groups is 1. The van der Waals surface area contributed by atoms with Crippen LogP contribution in [0.1, 0.15) is 46.0 Å². The van der Waals surface area contributed by atoms with Crippen LogP contribution in [0.4, 0.5) is 0 Å². The number of amides is 1. The van der Waals surface area contributed by atoms with E-state index < -0.39 is 0 Å². The summed E-state index contributed by atoms with van der Waals surface area (Å²) in [4.78, 5) is 12.3. The summed E-state index contributed by atoms with van der Waals surface area (Å²) in [5.74, 6) is 1.22. The first kappa shape index (κ1) is 20.5. The van der Waals surface area contributed by atoms with E-state index in [1.54, 1.807) is 0 Å². The van der Waals surface area contributed by atoms with Gasteiger partial charge in [0, 0.05) is 12.1 Å². The smallest absolute Gasteiger partial charge is 0.277 e. The summed E-state index contributed by atoms with van der Waals surface area (Å²) >= 11 is 1.27. The molecule has 1 aliphatic rings. The lowest BCUT2D eigenvalue weighted by molar-refractivity contribution is -0.120. The zero-order chi connectivity index (χ0) is 19.8. The van der Waals surface area contributed by atoms with Gasteiger partial charge in [-0.1, -0.05) is 23.4 Å². The van der Waals surface area contributed by atoms with E-state index >= 15 is 0 Å². The van der Waals surface area contributed by atoms with Gasteiger partial charge in [0.25, 0.3) is 5.22 Å². The highest BCUT2D eigenvalue weighted by Gasteiger charge is 2.18. The highest BCUT2D eigenvalue weighted by Crippen LogP contribution is 2.27. The van der Waals surface area contributed by atoms with Gasteiger partial charge in [-0.05, 0) is 70.2 Å². The van der Waals surface area contributed by atoms with Gasteiger partial charge in [0.15, 0.2) is 0 Å². The molecule has 7 heteroatoms. The quantitative estimate of drug-likeness (QED) is 0.488. The second-order valence-electron chi connectivity index (χ2n) is 6.74. The lowest BCUT2D eigenvalue weighted by Crippen LogP contribution is -2.31. The molecular formula is C21H27N3O3S. The Morgan fingerprint density at radius 3 is 2.82 bits per heavy atom. The second-order valence-corrected chi connectivity index (χ2v) is 8.03. The van der Waals surface area contributed by atoms with Crippen molar-refractivity contribution in [3.63, 3.8) is 0 Å². The van der Waals surface area contributed by atoms with Crippen LogP contribution < -0.4 is 10.1 Å². The molecule has 0 fully saturated rings. The number of allylic oxidation sites excluding steroid dienone is 1. The fraction of sp³-hybridized carbons (Fsp3) is 0.476. The van der Waals surface area contributed by atoms with Gasteiger partial charge in [-0.2, -0.15) is 0 Å². The molecule has 0 radical (unpaired) electrons. The standard InChI is InChI=1S/C21H27N3O3S/c1-3-26-18-11-9-17(10-12-18)20-23-24-21(27-20)28-15(2)19(25)22-14-13-16-7-5-4-6-8-16/h7,9-12,15H,3-6,8,13-14H2,1-2H3,(H,22,25). The van der Waals surface area contributed by atoms with Crippen molar-refractivity contribution >= 4 is 17.7 Å². The number of carbonyl (C=O) groups is 1. The molecule has 0 saturated heterocycles. The van der Waals surface area contributed by atoms with Crippen LogP contribution in [0.3, 0.4) is 0 Å². The summed E-state index contributed by atoms with van der Waals surface area (Å²) in [6.07, 6.45) is 8.13. The summed E-state index contributed by atoms with van der Waals surface area (Å²) in [5, 5.41) is 11.2. The first-order valence-electron chi connectivity index (χ1n) is 9.84. The predicted octanol–water partition coefficient (Wildman–Crippen LogP) is 4.62. The maximum atomic E-state index is 12.3. The summed E-state index contributed by atoms with van der Waals surface area (Å²) in [6.45, 7) is 5.09. The van der Waals surface area contributed by atoms with Crippen LogP contribution in [-0.2, 0) is 4.79 Å². The zero-order valence-electron chi connectivity index (χ0n) is 16.4. The van der Waals surface area contributed by atoms with E-state index in [4.69, 9.17) is 9.15 Å². The SMILES string of the molecule is CCOc1ccc(-c2nnc(SC(C)C(=O)NCCC3=CCCCC3)o2)cc1. The van der Waals surface area contributed by atoms with Crippen LogP contribution in [0.15, 0.2) is 45.6 Å². The molecule has 0 spiro atoms. The van der Waals surface area contributed by atoms with Crippen molar-refractivity contribution in [2.75, 3.05) is 13.2 Å². The van der Waals surface area contributed by atoms with Crippen LogP contribution in [0.25, 0.3) is 11.5 Å². The number of hydrogen-bond acceptors (Lipinski definition) is 6. The highest BCUT2D eigenvalue weighted by molar-refractivity contribution is 8.00. The van der Waals surface area contributed by atoms with E-state index in [0.29, 0.717) is 24.3 Å². The Morgan fingerprint density at radius 1 is 1.29 bits per heavy atom. The number of ether oxygens (including phenoxy) is 1. The minimum absolute atomic E-state index is 0.0118. The molecule has 1 heterocycles. The van der Waals surface area contributed by atoms with Crippen molar-refractivity contribution in [3.8, 4) is 17.2 Å². The number of hydrogen-bond donors (Lipinski definition) is 1. The van der Waals surface area contributed by atoms with Gasteiger partial charge in [0.05, 0.1) is 11.9 Å². The minimum Gasteiger partial charge on any atom is -0.494 e. The van der Waals surface area contributed by atoms with Gasteiger partial charge in [0.2, 0.25) is 11.8 Å². The Bertz CT molecular complexity index is 801. The summed E-state index contributed by atoms with van der Waals surface area (Å²) < 4.78 is 11.1. The third kappa shape index (κ3) is 5.86. The maximum Gasteiger partial charge on any atom is 0.277 e. The third-order valence-electron chi connectivity index (χ3n) is 4.60. The van der Waals surface area contributed by atoms with Crippen LogP contribution in [-0.4, -0.2) is 34.5 Å². The molecule has 1 aromatic carbocycles. The van der Waals surface area contributed by atoms with Crippen LogP contribution in [0.5, 0.6) is 5.75 Å². The van der Waals surface area contributed by atoms with Gasteiger partial charge in [-0.25, -0.2) is 0 Å². The monoisotopic (exact) mass is 401 g/mol. The molecule has 3 rings (SSSR count). The van der Waals surface area contributed by atoms with Crippen LogP contribution in [0, 0.1) is 0 Å². The Hall–Kier alpha value is -2.28. The number of aromatic nitrogens is 2. The van der Waals surface area contributed by atoms with Gasteiger partial charge < -0.3 is 14.5 Å². The molecule has 1 unspecified atom stereocenters. The zero-order valence-corrected chi connectivity index (χ0v) is 17.3. The Balaban J connectivity index is 1.48. The van der Waals surface area contributed by atoms with Crippen molar-refractivity contribution < 1.29 is 13.9 Å². The van der Waals surface area contributed by atoms with Gasteiger partial charge in [-0.15, -0.1) is 10.2 Å². The number of carbonyl (C=O) groups excluding carboxylic acids is 1. The van der Waals surface area contributed by atoms with Gasteiger partial charge in [-0.3, -0.25) is 4.79 Å². The van der Waals surface area contributed by atoms with E-state index in [-0.39, 0.29) is 11.2 Å². The normalized spacial score (nSPS) is 15.0. The summed E-state index contributed by atoms with van der Waals surface area (Å²) in [6, 6.07) is 7.49. The predicted molar refractivity (Wildman–Crippen MR) is 110 cm³/mol. The summed E-state index contributed by atoms with van der Waals surface area (Å²) in [5.41, 5.74) is 2.28. The molecule has 6 nitrogen and oxygen atoms in total. The summed E-state index contributed by atoms with van der Waals surface area (Å²) in [7, 11) is 0. The highest BCUT2D eigenvalue weighted by atomic mass is 32.2. The van der Waals surface area contributed by atoms with Crippen molar-refractivity contribution in [2.45, 2.75) is 56.4 Å². The number of nitrogens with one attached hydrogen (secondary N) is 1.